The number of ether oxygens (including phenoxy) is 1. The lowest BCUT2D eigenvalue weighted by Gasteiger charge is -2.56. The first-order chi connectivity index (χ1) is 14.9. The molecule has 0 spiro atoms. The Morgan fingerprint density at radius 2 is 1.68 bits per heavy atom. The third-order valence-electron chi connectivity index (χ3n) is 7.33. The van der Waals surface area contributed by atoms with Crippen LogP contribution < -0.4 is 21.2 Å². The fourth-order valence-corrected chi connectivity index (χ4v) is 6.61. The molecule has 1 heterocycles. The van der Waals surface area contributed by atoms with Gasteiger partial charge in [-0.15, -0.1) is 0 Å². The lowest BCUT2D eigenvalue weighted by atomic mass is 9.49. The number of carbonyl (C=O) groups excluding carboxylic acids is 2. The number of aryl methyl sites for hydroxylation is 1. The maximum atomic E-state index is 12.5. The lowest BCUT2D eigenvalue weighted by Crippen LogP contribution is -2.50. The number of fused-ring (bicyclic) bond motifs is 1. The zero-order valence-corrected chi connectivity index (χ0v) is 17.7. The minimum absolute atomic E-state index is 0.127. The van der Waals surface area contributed by atoms with Crippen LogP contribution in [0.2, 0.25) is 0 Å². The van der Waals surface area contributed by atoms with E-state index in [1.54, 1.807) is 18.2 Å². The largest absolute Gasteiger partial charge is 0.484 e. The second-order valence-corrected chi connectivity index (χ2v) is 9.89. The standard InChI is InChI=1S/C24H28N2O5/c1-14-4-23(29)31-20-8-18(2-3-19(14)20)30-13-22(28)26-25-21(27)12-24-9-15-5-16(10-24)7-17(6-15)11-24/h2-4,8,15-17H,5-7,9-13H2,1H3,(H,25,27)(H,26,28). The van der Waals surface area contributed by atoms with Crippen molar-refractivity contribution in [3.05, 3.63) is 40.2 Å². The molecule has 0 atom stereocenters. The second-order valence-electron chi connectivity index (χ2n) is 9.89. The van der Waals surface area contributed by atoms with Gasteiger partial charge in [0.2, 0.25) is 5.91 Å². The molecule has 0 radical (unpaired) electrons. The fourth-order valence-electron chi connectivity index (χ4n) is 6.61. The predicted molar refractivity (Wildman–Crippen MR) is 114 cm³/mol. The van der Waals surface area contributed by atoms with E-state index >= 15 is 0 Å². The summed E-state index contributed by atoms with van der Waals surface area (Å²) in [6.45, 7) is 1.58. The van der Waals surface area contributed by atoms with Gasteiger partial charge in [0.1, 0.15) is 11.3 Å². The summed E-state index contributed by atoms with van der Waals surface area (Å²) in [5.74, 6) is 2.21. The highest BCUT2D eigenvalue weighted by Crippen LogP contribution is 2.61. The molecule has 4 aliphatic rings. The molecule has 6 rings (SSSR count). The summed E-state index contributed by atoms with van der Waals surface area (Å²) in [6, 6.07) is 6.52. The van der Waals surface area contributed by atoms with Gasteiger partial charge in [0.25, 0.3) is 5.91 Å². The van der Waals surface area contributed by atoms with Gasteiger partial charge in [0.15, 0.2) is 6.61 Å². The summed E-state index contributed by atoms with van der Waals surface area (Å²) < 4.78 is 10.7. The van der Waals surface area contributed by atoms with Crippen molar-refractivity contribution >= 4 is 22.8 Å². The Morgan fingerprint density at radius 3 is 2.35 bits per heavy atom. The first-order valence-electron chi connectivity index (χ1n) is 11.1. The van der Waals surface area contributed by atoms with E-state index in [4.69, 9.17) is 9.15 Å². The Bertz CT molecular complexity index is 1050. The van der Waals surface area contributed by atoms with Crippen LogP contribution in [-0.4, -0.2) is 18.4 Å². The van der Waals surface area contributed by atoms with Gasteiger partial charge in [-0.2, -0.15) is 0 Å². The number of carbonyl (C=O) groups is 2. The predicted octanol–water partition coefficient (Wildman–Crippen LogP) is 3.23. The molecule has 0 unspecified atom stereocenters. The molecule has 31 heavy (non-hydrogen) atoms. The normalized spacial score (nSPS) is 28.5. The highest BCUT2D eigenvalue weighted by molar-refractivity contribution is 5.84. The van der Waals surface area contributed by atoms with Crippen LogP contribution in [-0.2, 0) is 9.59 Å². The van der Waals surface area contributed by atoms with E-state index in [1.807, 2.05) is 6.92 Å². The molecule has 1 aromatic carbocycles. The van der Waals surface area contributed by atoms with Gasteiger partial charge in [-0.05, 0) is 86.3 Å². The van der Waals surface area contributed by atoms with Crippen molar-refractivity contribution in [3.63, 3.8) is 0 Å². The average Bonchev–Trinajstić information content (AvgIpc) is 2.69. The fraction of sp³-hybridized carbons (Fsp3) is 0.542. The van der Waals surface area contributed by atoms with E-state index < -0.39 is 11.5 Å². The molecular weight excluding hydrogens is 396 g/mol. The molecule has 0 aliphatic heterocycles. The maximum absolute atomic E-state index is 12.5. The Hall–Kier alpha value is -2.83. The van der Waals surface area contributed by atoms with Crippen LogP contribution in [0.3, 0.4) is 0 Å². The molecule has 2 amide bonds. The first kappa shape index (κ1) is 20.1. The number of nitrogens with one attached hydrogen (secondary N) is 2. The van der Waals surface area contributed by atoms with Gasteiger partial charge < -0.3 is 9.15 Å². The number of amides is 2. The summed E-state index contributed by atoms with van der Waals surface area (Å²) >= 11 is 0. The third-order valence-corrected chi connectivity index (χ3v) is 7.33. The van der Waals surface area contributed by atoms with Crippen molar-refractivity contribution in [1.29, 1.82) is 0 Å². The number of hydrogen-bond donors (Lipinski definition) is 2. The summed E-state index contributed by atoms with van der Waals surface area (Å²) in [5.41, 5.74) is 5.94. The van der Waals surface area contributed by atoms with Crippen molar-refractivity contribution in [1.82, 2.24) is 10.9 Å². The summed E-state index contributed by atoms with van der Waals surface area (Å²) in [4.78, 5) is 36.2. The van der Waals surface area contributed by atoms with Gasteiger partial charge in [0.05, 0.1) is 0 Å². The van der Waals surface area contributed by atoms with Crippen LogP contribution in [0.5, 0.6) is 5.75 Å². The van der Waals surface area contributed by atoms with Crippen LogP contribution in [0.4, 0.5) is 0 Å². The van der Waals surface area contributed by atoms with Gasteiger partial charge in [-0.1, -0.05) is 0 Å². The van der Waals surface area contributed by atoms with E-state index in [0.717, 1.165) is 48.0 Å². The highest BCUT2D eigenvalue weighted by Gasteiger charge is 2.51. The molecule has 4 bridgehead atoms. The second kappa shape index (κ2) is 7.70. The Morgan fingerprint density at radius 1 is 1.03 bits per heavy atom. The SMILES string of the molecule is Cc1cc(=O)oc2cc(OCC(=O)NNC(=O)CC34CC5CC(CC(C5)C3)C4)ccc12. The molecule has 0 saturated heterocycles. The van der Waals surface area contributed by atoms with E-state index in [-0.39, 0.29) is 17.9 Å². The van der Waals surface area contributed by atoms with Crippen molar-refractivity contribution < 1.29 is 18.7 Å². The average molecular weight is 424 g/mol. The Kier molecular flexibility index (Phi) is 4.99. The molecule has 1 aromatic heterocycles. The van der Waals surface area contributed by atoms with Gasteiger partial charge in [0, 0.05) is 23.9 Å². The Balaban J connectivity index is 1.12. The Labute approximate surface area is 180 Å². The maximum Gasteiger partial charge on any atom is 0.336 e. The van der Waals surface area contributed by atoms with Crippen molar-refractivity contribution in [2.75, 3.05) is 6.61 Å². The van der Waals surface area contributed by atoms with Crippen molar-refractivity contribution in [2.24, 2.45) is 23.2 Å². The van der Waals surface area contributed by atoms with E-state index in [0.29, 0.717) is 17.8 Å². The molecule has 7 nitrogen and oxygen atoms in total. The van der Waals surface area contributed by atoms with E-state index in [2.05, 4.69) is 10.9 Å². The number of hydrogen-bond acceptors (Lipinski definition) is 5. The molecule has 164 valence electrons. The van der Waals surface area contributed by atoms with Crippen LogP contribution >= 0.6 is 0 Å². The minimum Gasteiger partial charge on any atom is -0.484 e. The summed E-state index contributed by atoms with van der Waals surface area (Å²) in [5, 5.41) is 0.813. The lowest BCUT2D eigenvalue weighted by molar-refractivity contribution is -0.134. The zero-order chi connectivity index (χ0) is 21.6. The first-order valence-corrected chi connectivity index (χ1v) is 11.1. The highest BCUT2D eigenvalue weighted by atomic mass is 16.5. The van der Waals surface area contributed by atoms with Crippen molar-refractivity contribution in [2.45, 2.75) is 51.9 Å². The zero-order valence-electron chi connectivity index (χ0n) is 17.7. The van der Waals surface area contributed by atoms with Crippen LogP contribution in [0.15, 0.2) is 33.5 Å². The molecule has 7 heteroatoms. The van der Waals surface area contributed by atoms with Crippen LogP contribution in [0.1, 0.15) is 50.5 Å². The van der Waals surface area contributed by atoms with Crippen LogP contribution in [0, 0.1) is 30.1 Å². The third kappa shape index (κ3) is 4.18. The van der Waals surface area contributed by atoms with E-state index in [9.17, 15) is 14.4 Å². The topological polar surface area (TPSA) is 97.6 Å². The molecule has 4 aliphatic carbocycles. The van der Waals surface area contributed by atoms with Crippen molar-refractivity contribution in [3.8, 4) is 5.75 Å². The summed E-state index contributed by atoms with van der Waals surface area (Å²) in [6.07, 6.45) is 7.97. The molecule has 4 fully saturated rings. The van der Waals surface area contributed by atoms with Gasteiger partial charge in [-0.3, -0.25) is 20.4 Å². The molecular formula is C24H28N2O5. The van der Waals surface area contributed by atoms with Crippen LogP contribution in [0.25, 0.3) is 11.0 Å². The van der Waals surface area contributed by atoms with Gasteiger partial charge in [-0.25, -0.2) is 4.79 Å². The summed E-state index contributed by atoms with van der Waals surface area (Å²) in [7, 11) is 0. The van der Waals surface area contributed by atoms with Gasteiger partial charge >= 0.3 is 5.63 Å². The smallest absolute Gasteiger partial charge is 0.336 e. The molecule has 2 N–H and O–H groups in total. The molecule has 2 aromatic rings. The minimum atomic E-state index is -0.440. The number of hydrazine groups is 1. The number of benzene rings is 1. The van der Waals surface area contributed by atoms with E-state index in [1.165, 1.54) is 25.3 Å². The number of rotatable bonds is 5. The monoisotopic (exact) mass is 424 g/mol. The quantitative estimate of drug-likeness (QED) is 0.567. The molecule has 4 saturated carbocycles.